The van der Waals surface area contributed by atoms with E-state index >= 15 is 0 Å². The highest BCUT2D eigenvalue weighted by molar-refractivity contribution is 5.80. The average Bonchev–Trinajstić information content (AvgIpc) is 3.29. The van der Waals surface area contributed by atoms with Crippen LogP contribution in [-0.2, 0) is 6.42 Å². The third kappa shape index (κ3) is 5.39. The lowest BCUT2D eigenvalue weighted by Crippen LogP contribution is -2.52. The molecule has 1 fully saturated rings. The Morgan fingerprint density at radius 3 is 2.58 bits per heavy atom. The summed E-state index contributed by atoms with van der Waals surface area (Å²) < 4.78 is 14.9. The fourth-order valence-corrected chi connectivity index (χ4v) is 3.62. The molecule has 0 aliphatic carbocycles. The van der Waals surface area contributed by atoms with Crippen LogP contribution in [0.1, 0.15) is 12.6 Å². The maximum absolute atomic E-state index is 13.1. The smallest absolute Gasteiger partial charge is 0.194 e. The zero-order chi connectivity index (χ0) is 21.5. The Morgan fingerprint density at radius 2 is 1.87 bits per heavy atom. The molecule has 1 aliphatic heterocycles. The lowest BCUT2D eigenvalue weighted by molar-refractivity contribution is 0.371. The number of guanidine groups is 1. The van der Waals surface area contributed by atoms with Gasteiger partial charge in [-0.25, -0.2) is 14.1 Å². The summed E-state index contributed by atoms with van der Waals surface area (Å²) >= 11 is 0. The number of hydrogen-bond acceptors (Lipinski definition) is 4. The Hall–Kier alpha value is -3.42. The van der Waals surface area contributed by atoms with Crippen molar-refractivity contribution in [1.82, 2.24) is 25.0 Å². The van der Waals surface area contributed by atoms with Crippen LogP contribution in [0.5, 0.6) is 0 Å². The first-order valence-corrected chi connectivity index (χ1v) is 10.7. The van der Waals surface area contributed by atoms with Crippen LogP contribution in [0.15, 0.2) is 65.9 Å². The number of nitrogens with one attached hydrogen (secondary N) is 1. The van der Waals surface area contributed by atoms with Gasteiger partial charge in [-0.05, 0) is 49.4 Å². The van der Waals surface area contributed by atoms with E-state index in [1.54, 1.807) is 16.8 Å². The summed E-state index contributed by atoms with van der Waals surface area (Å²) in [6, 6.07) is 14.3. The Morgan fingerprint density at radius 1 is 1.06 bits per heavy atom. The summed E-state index contributed by atoms with van der Waals surface area (Å²) in [5.74, 6) is 1.73. The summed E-state index contributed by atoms with van der Waals surface area (Å²) in [4.78, 5) is 13.9. The molecule has 0 atom stereocenters. The molecule has 0 unspecified atom stereocenters. The van der Waals surface area contributed by atoms with Gasteiger partial charge in [0.15, 0.2) is 5.96 Å². The number of nitrogens with zero attached hydrogens (tertiary/aromatic N) is 6. The van der Waals surface area contributed by atoms with Crippen molar-refractivity contribution in [3.63, 3.8) is 0 Å². The molecule has 8 heteroatoms. The van der Waals surface area contributed by atoms with E-state index in [4.69, 9.17) is 4.99 Å². The molecule has 2 aromatic heterocycles. The van der Waals surface area contributed by atoms with Crippen molar-refractivity contribution in [1.29, 1.82) is 0 Å². The molecule has 1 N–H and O–H groups in total. The maximum Gasteiger partial charge on any atom is 0.194 e. The Kier molecular flexibility index (Phi) is 6.76. The molecular formula is C23H28FN7. The maximum atomic E-state index is 13.1. The molecule has 0 radical (unpaired) electrons. The number of halogens is 1. The number of hydrogen-bond donors (Lipinski definition) is 1. The van der Waals surface area contributed by atoms with Gasteiger partial charge in [0, 0.05) is 58.1 Å². The first-order chi connectivity index (χ1) is 15.2. The summed E-state index contributed by atoms with van der Waals surface area (Å²) in [5.41, 5.74) is 1.80. The van der Waals surface area contributed by atoms with Gasteiger partial charge >= 0.3 is 0 Å². The van der Waals surface area contributed by atoms with Gasteiger partial charge in [0.2, 0.25) is 0 Å². The van der Waals surface area contributed by atoms with E-state index in [0.717, 1.165) is 62.3 Å². The molecule has 1 aliphatic rings. The summed E-state index contributed by atoms with van der Waals surface area (Å²) in [5, 5.41) is 8.00. The van der Waals surface area contributed by atoms with Crippen LogP contribution >= 0.6 is 0 Å². The van der Waals surface area contributed by atoms with E-state index in [0.29, 0.717) is 6.54 Å². The quantitative estimate of drug-likeness (QED) is 0.490. The second kappa shape index (κ2) is 10.1. The lowest BCUT2D eigenvalue weighted by atomic mass is 10.3. The van der Waals surface area contributed by atoms with Gasteiger partial charge in [0.25, 0.3) is 0 Å². The Labute approximate surface area is 182 Å². The summed E-state index contributed by atoms with van der Waals surface area (Å²) in [6.07, 6.45) is 4.48. The van der Waals surface area contributed by atoms with Crippen LogP contribution in [-0.4, -0.2) is 64.9 Å². The minimum absolute atomic E-state index is 0.248. The predicted octanol–water partition coefficient (Wildman–Crippen LogP) is 2.74. The predicted molar refractivity (Wildman–Crippen MR) is 121 cm³/mol. The molecule has 7 nitrogen and oxygen atoms in total. The third-order valence-electron chi connectivity index (χ3n) is 5.25. The normalized spacial score (nSPS) is 14.7. The van der Waals surface area contributed by atoms with Crippen molar-refractivity contribution in [2.24, 2.45) is 4.99 Å². The molecule has 0 amide bonds. The van der Waals surface area contributed by atoms with E-state index in [9.17, 15) is 4.39 Å². The minimum Gasteiger partial charge on any atom is -0.357 e. The first kappa shape index (κ1) is 20.8. The molecule has 3 aromatic rings. The third-order valence-corrected chi connectivity index (χ3v) is 5.25. The second-order valence-corrected chi connectivity index (χ2v) is 7.38. The highest BCUT2D eigenvalue weighted by atomic mass is 19.1. The van der Waals surface area contributed by atoms with E-state index in [2.05, 4.69) is 38.2 Å². The van der Waals surface area contributed by atoms with Crippen molar-refractivity contribution in [3.05, 3.63) is 72.4 Å². The number of rotatable bonds is 6. The van der Waals surface area contributed by atoms with Crippen LogP contribution in [0, 0.1) is 5.82 Å². The van der Waals surface area contributed by atoms with E-state index in [1.807, 2.05) is 30.6 Å². The van der Waals surface area contributed by atoms with Crippen LogP contribution in [0.4, 0.5) is 10.2 Å². The first-order valence-electron chi connectivity index (χ1n) is 10.7. The van der Waals surface area contributed by atoms with Gasteiger partial charge in [-0.3, -0.25) is 4.99 Å². The molecule has 4 rings (SSSR count). The standard InChI is InChI=1S/C23H28FN7/c1-2-25-23(30-17-15-29(16-18-30)22-5-3-4-12-26-22)27-13-10-20-11-14-31(28-20)21-8-6-19(24)7-9-21/h3-9,11-12,14H,2,10,13,15-18H2,1H3,(H,25,27). The molecule has 0 bridgehead atoms. The van der Waals surface area contributed by atoms with Crippen LogP contribution in [0.3, 0.4) is 0 Å². The van der Waals surface area contributed by atoms with Gasteiger partial charge in [-0.2, -0.15) is 5.10 Å². The van der Waals surface area contributed by atoms with Crippen LogP contribution in [0.25, 0.3) is 5.69 Å². The van der Waals surface area contributed by atoms with Crippen molar-refractivity contribution in [2.75, 3.05) is 44.2 Å². The van der Waals surface area contributed by atoms with Gasteiger partial charge in [-0.15, -0.1) is 0 Å². The lowest BCUT2D eigenvalue weighted by Gasteiger charge is -2.37. The monoisotopic (exact) mass is 421 g/mol. The molecule has 162 valence electrons. The largest absolute Gasteiger partial charge is 0.357 e. The zero-order valence-corrected chi connectivity index (χ0v) is 17.8. The highest BCUT2D eigenvalue weighted by Crippen LogP contribution is 2.13. The number of piperazine rings is 1. The highest BCUT2D eigenvalue weighted by Gasteiger charge is 2.20. The molecule has 1 saturated heterocycles. The average molecular weight is 422 g/mol. The Bertz CT molecular complexity index is 977. The summed E-state index contributed by atoms with van der Waals surface area (Å²) in [7, 11) is 0. The zero-order valence-electron chi connectivity index (χ0n) is 17.8. The molecule has 0 spiro atoms. The number of anilines is 1. The number of benzene rings is 1. The van der Waals surface area contributed by atoms with E-state index < -0.39 is 0 Å². The molecule has 31 heavy (non-hydrogen) atoms. The SMILES string of the molecule is CCNC(=NCCc1ccn(-c2ccc(F)cc2)n1)N1CCN(c2ccccn2)CC1. The number of aliphatic imine (C=N–C) groups is 1. The van der Waals surface area contributed by atoms with Gasteiger partial charge in [-0.1, -0.05) is 6.07 Å². The van der Waals surface area contributed by atoms with Crippen molar-refractivity contribution in [3.8, 4) is 5.69 Å². The minimum atomic E-state index is -0.248. The van der Waals surface area contributed by atoms with Crippen molar-refractivity contribution < 1.29 is 4.39 Å². The Balaban J connectivity index is 1.33. The van der Waals surface area contributed by atoms with Gasteiger partial charge in [0.05, 0.1) is 11.4 Å². The molecule has 3 heterocycles. The van der Waals surface area contributed by atoms with Crippen LogP contribution < -0.4 is 10.2 Å². The van der Waals surface area contributed by atoms with Crippen molar-refractivity contribution >= 4 is 11.8 Å². The second-order valence-electron chi connectivity index (χ2n) is 7.38. The van der Waals surface area contributed by atoms with Gasteiger partial charge in [0.1, 0.15) is 11.6 Å². The topological polar surface area (TPSA) is 61.6 Å². The van der Waals surface area contributed by atoms with Crippen molar-refractivity contribution in [2.45, 2.75) is 13.3 Å². The van der Waals surface area contributed by atoms with E-state index in [-0.39, 0.29) is 5.82 Å². The number of pyridine rings is 1. The molecule has 0 saturated carbocycles. The molecule has 1 aromatic carbocycles. The van der Waals surface area contributed by atoms with Crippen LogP contribution in [0.2, 0.25) is 0 Å². The van der Waals surface area contributed by atoms with Gasteiger partial charge < -0.3 is 15.1 Å². The number of aromatic nitrogens is 3. The fraction of sp³-hybridized carbons (Fsp3) is 0.348. The fourth-order valence-electron chi connectivity index (χ4n) is 3.62. The molecular weight excluding hydrogens is 393 g/mol. The summed E-state index contributed by atoms with van der Waals surface area (Å²) in [6.45, 7) is 7.22. The van der Waals surface area contributed by atoms with E-state index in [1.165, 1.54) is 12.1 Å².